The molecule has 4 rings (SSSR count). The highest BCUT2D eigenvalue weighted by Gasteiger charge is 2.62. The Kier molecular flexibility index (Phi) is 3.67. The van der Waals surface area contributed by atoms with E-state index >= 15 is 0 Å². The van der Waals surface area contributed by atoms with Crippen molar-refractivity contribution in [2.75, 3.05) is 6.54 Å². The summed E-state index contributed by atoms with van der Waals surface area (Å²) in [6.45, 7) is 2.09. The van der Waals surface area contributed by atoms with Gasteiger partial charge in [-0.15, -0.1) is 0 Å². The highest BCUT2D eigenvalue weighted by molar-refractivity contribution is 7.87. The van der Waals surface area contributed by atoms with Gasteiger partial charge in [0, 0.05) is 23.0 Å². The Hall–Kier alpha value is -1.19. The molecule has 0 aliphatic heterocycles. The molecule has 0 bridgehead atoms. The van der Waals surface area contributed by atoms with E-state index in [1.54, 1.807) is 25.3 Å². The number of hydrogen-bond donors (Lipinski definition) is 4. The van der Waals surface area contributed by atoms with Crippen molar-refractivity contribution in [1.82, 2.24) is 19.6 Å². The first-order valence-corrected chi connectivity index (χ1v) is 9.81. The quantitative estimate of drug-likeness (QED) is 0.635. The third-order valence-electron chi connectivity index (χ3n) is 5.13. The molecule has 24 heavy (non-hydrogen) atoms. The van der Waals surface area contributed by atoms with Gasteiger partial charge >= 0.3 is 0 Å². The van der Waals surface area contributed by atoms with Crippen LogP contribution in [0.4, 0.5) is 0 Å². The van der Waals surface area contributed by atoms with Gasteiger partial charge in [0.25, 0.3) is 10.2 Å². The van der Waals surface area contributed by atoms with Gasteiger partial charge in [-0.3, -0.25) is 5.10 Å². The minimum Gasteiger partial charge on any atom is -0.385 e. The fourth-order valence-electron chi connectivity index (χ4n) is 4.07. The maximum Gasteiger partial charge on any atom is 0.277 e. The lowest BCUT2D eigenvalue weighted by molar-refractivity contribution is 0.0303. The summed E-state index contributed by atoms with van der Waals surface area (Å²) >= 11 is 6.16. The molecule has 2 saturated carbocycles. The summed E-state index contributed by atoms with van der Waals surface area (Å²) in [4.78, 5) is 0. The van der Waals surface area contributed by atoms with Gasteiger partial charge in [0.05, 0.1) is 17.3 Å². The highest BCUT2D eigenvalue weighted by Crippen LogP contribution is 2.60. The lowest BCUT2D eigenvalue weighted by Gasteiger charge is -2.27. The molecule has 1 aromatic heterocycles. The van der Waals surface area contributed by atoms with Gasteiger partial charge < -0.3 is 5.11 Å². The Balaban J connectivity index is 1.55. The lowest BCUT2D eigenvalue weighted by atomic mass is 9.86. The van der Waals surface area contributed by atoms with Crippen LogP contribution in [-0.2, 0) is 15.8 Å². The van der Waals surface area contributed by atoms with Crippen molar-refractivity contribution in [2.45, 2.75) is 31.4 Å². The normalized spacial score (nSPS) is 32.2. The van der Waals surface area contributed by atoms with Crippen molar-refractivity contribution < 1.29 is 13.5 Å². The molecular formula is C15H19ClN4O3S. The number of nitrogens with one attached hydrogen (secondary N) is 3. The molecule has 1 aromatic carbocycles. The second-order valence-corrected chi connectivity index (χ2v) is 8.66. The van der Waals surface area contributed by atoms with Gasteiger partial charge in [-0.05, 0) is 42.4 Å². The van der Waals surface area contributed by atoms with E-state index in [0.717, 1.165) is 16.5 Å². The Morgan fingerprint density at radius 3 is 2.79 bits per heavy atom. The van der Waals surface area contributed by atoms with E-state index in [1.165, 1.54) is 0 Å². The van der Waals surface area contributed by atoms with Crippen LogP contribution < -0.4 is 9.44 Å². The van der Waals surface area contributed by atoms with E-state index in [4.69, 9.17) is 11.6 Å². The summed E-state index contributed by atoms with van der Waals surface area (Å²) in [7, 11) is -3.46. The number of rotatable bonds is 5. The number of halogens is 1. The van der Waals surface area contributed by atoms with Crippen molar-refractivity contribution in [1.29, 1.82) is 0 Å². The van der Waals surface area contributed by atoms with Crippen LogP contribution in [0.3, 0.4) is 0 Å². The van der Waals surface area contributed by atoms with Crippen molar-refractivity contribution in [3.8, 4) is 0 Å². The molecule has 2 aliphatic carbocycles. The summed E-state index contributed by atoms with van der Waals surface area (Å²) in [5.41, 5.74) is 0.554. The molecule has 0 spiro atoms. The Bertz CT molecular complexity index is 885. The van der Waals surface area contributed by atoms with E-state index in [2.05, 4.69) is 19.6 Å². The Labute approximate surface area is 145 Å². The van der Waals surface area contributed by atoms with Gasteiger partial charge in [-0.1, -0.05) is 18.5 Å². The Morgan fingerprint density at radius 2 is 2.12 bits per heavy atom. The van der Waals surface area contributed by atoms with Crippen molar-refractivity contribution in [3.63, 3.8) is 0 Å². The van der Waals surface area contributed by atoms with E-state index in [1.807, 2.05) is 0 Å². The van der Waals surface area contributed by atoms with Gasteiger partial charge in [-0.25, -0.2) is 4.72 Å². The topological polar surface area (TPSA) is 107 Å². The molecule has 0 saturated heterocycles. The molecule has 7 nitrogen and oxygen atoms in total. The molecule has 0 unspecified atom stereocenters. The standard InChI is InChI=1S/C15H19ClN4O3S/c1-2-18-24(22,23)20-14-9-5-15(21,6-10(9)14)12-3-8(16)4-13-11(12)7-17-19-13/h3-4,7,9-10,14,18,20-21H,2,5-6H2,1H3,(H,17,19)/t9-,10+,14+,15-. The third-order valence-corrected chi connectivity index (χ3v) is 6.60. The minimum atomic E-state index is -3.46. The molecule has 2 aromatic rings. The van der Waals surface area contributed by atoms with Crippen molar-refractivity contribution >= 4 is 32.7 Å². The van der Waals surface area contributed by atoms with Gasteiger partial charge in [0.2, 0.25) is 0 Å². The maximum absolute atomic E-state index is 11.8. The zero-order valence-electron chi connectivity index (χ0n) is 13.1. The van der Waals surface area contributed by atoms with Crippen LogP contribution in [-0.4, -0.2) is 36.3 Å². The molecular weight excluding hydrogens is 352 g/mol. The number of aromatic amines is 1. The van der Waals surface area contributed by atoms with Crippen LogP contribution in [0.1, 0.15) is 25.3 Å². The number of benzene rings is 1. The van der Waals surface area contributed by atoms with Crippen LogP contribution in [0.15, 0.2) is 18.3 Å². The summed E-state index contributed by atoms with van der Waals surface area (Å²) in [6, 6.07) is 3.45. The average molecular weight is 371 g/mol. The van der Waals surface area contributed by atoms with Crippen molar-refractivity contribution in [2.24, 2.45) is 11.8 Å². The molecule has 0 radical (unpaired) electrons. The first-order chi connectivity index (χ1) is 11.3. The molecule has 2 aliphatic rings. The van der Waals surface area contributed by atoms with Gasteiger partial charge in [0.1, 0.15) is 0 Å². The summed E-state index contributed by atoms with van der Waals surface area (Å²) in [5.74, 6) is 0.286. The SMILES string of the molecule is CCNS(=O)(=O)N[C@H]1[C@@H]2C[C@](O)(c3cc(Cl)cc4[nH]ncc34)C[C@@H]21. The van der Waals surface area contributed by atoms with Crippen LogP contribution in [0, 0.1) is 11.8 Å². The van der Waals surface area contributed by atoms with Crippen LogP contribution in [0.2, 0.25) is 5.02 Å². The second kappa shape index (κ2) is 5.40. The van der Waals surface area contributed by atoms with E-state index in [-0.39, 0.29) is 17.9 Å². The molecule has 4 N–H and O–H groups in total. The number of nitrogens with zero attached hydrogens (tertiary/aromatic N) is 1. The minimum absolute atomic E-state index is 0.103. The van der Waals surface area contributed by atoms with E-state index in [9.17, 15) is 13.5 Å². The maximum atomic E-state index is 11.8. The van der Waals surface area contributed by atoms with E-state index in [0.29, 0.717) is 24.4 Å². The largest absolute Gasteiger partial charge is 0.385 e. The monoisotopic (exact) mass is 370 g/mol. The number of H-pyrrole nitrogens is 1. The van der Waals surface area contributed by atoms with Crippen LogP contribution >= 0.6 is 11.6 Å². The zero-order chi connectivity index (χ0) is 17.1. The van der Waals surface area contributed by atoms with Gasteiger partial charge in [-0.2, -0.15) is 18.2 Å². The fourth-order valence-corrected chi connectivity index (χ4v) is 5.46. The predicted octanol–water partition coefficient (Wildman–Crippen LogP) is 1.26. The smallest absolute Gasteiger partial charge is 0.277 e. The van der Waals surface area contributed by atoms with Gasteiger partial charge in [0.15, 0.2) is 0 Å². The predicted molar refractivity (Wildman–Crippen MR) is 90.7 cm³/mol. The lowest BCUT2D eigenvalue weighted by Crippen LogP contribution is -2.40. The summed E-state index contributed by atoms with van der Waals surface area (Å²) < 4.78 is 28.7. The van der Waals surface area contributed by atoms with Crippen molar-refractivity contribution in [3.05, 3.63) is 28.9 Å². The third kappa shape index (κ3) is 2.62. The zero-order valence-corrected chi connectivity index (χ0v) is 14.7. The van der Waals surface area contributed by atoms with Crippen LogP contribution in [0.5, 0.6) is 0 Å². The first kappa shape index (κ1) is 16.3. The highest BCUT2D eigenvalue weighted by atomic mass is 35.5. The van der Waals surface area contributed by atoms with Crippen LogP contribution in [0.25, 0.3) is 10.9 Å². The summed E-state index contributed by atoms with van der Waals surface area (Å²) in [6.07, 6.45) is 2.71. The molecule has 4 atom stereocenters. The molecule has 0 amide bonds. The molecule has 2 fully saturated rings. The average Bonchev–Trinajstić information content (AvgIpc) is 2.90. The Morgan fingerprint density at radius 1 is 1.42 bits per heavy atom. The molecule has 1 heterocycles. The van der Waals surface area contributed by atoms with E-state index < -0.39 is 15.8 Å². The fraction of sp³-hybridized carbons (Fsp3) is 0.533. The summed E-state index contributed by atoms with van der Waals surface area (Å²) in [5, 5.41) is 19.4. The number of fused-ring (bicyclic) bond motifs is 2. The molecule has 9 heteroatoms. The first-order valence-electron chi connectivity index (χ1n) is 7.95. The number of aromatic nitrogens is 2. The molecule has 130 valence electrons. The second-order valence-electron chi connectivity index (χ2n) is 6.70. The number of aliphatic hydroxyl groups is 1. The number of hydrogen-bond acceptors (Lipinski definition) is 4.